The van der Waals surface area contributed by atoms with E-state index >= 15 is 0 Å². The Morgan fingerprint density at radius 2 is 1.59 bits per heavy atom. The van der Waals surface area contributed by atoms with Gasteiger partial charge in [-0.05, 0) is 110 Å². The smallest absolute Gasteiger partial charge is 0.329 e. The molecule has 0 atom stereocenters. The molecular weight excluding hydrogens is 394 g/mol. The summed E-state index contributed by atoms with van der Waals surface area (Å²) in [5.74, 6) is -0.562. The normalized spacial score (nSPS) is 15.2. The van der Waals surface area contributed by atoms with Crippen molar-refractivity contribution in [2.24, 2.45) is 0 Å². The third-order valence-electron chi connectivity index (χ3n) is 5.65. The summed E-state index contributed by atoms with van der Waals surface area (Å²) in [5.41, 5.74) is 3.31. The molecule has 29 heavy (non-hydrogen) atoms. The Morgan fingerprint density at radius 3 is 2.17 bits per heavy atom. The summed E-state index contributed by atoms with van der Waals surface area (Å²) in [4.78, 5) is 13.0. The van der Waals surface area contributed by atoms with Gasteiger partial charge in [0.05, 0.1) is 5.60 Å². The maximum absolute atomic E-state index is 14.7. The van der Waals surface area contributed by atoms with Crippen molar-refractivity contribution in [2.45, 2.75) is 62.9 Å². The first kappa shape index (κ1) is 20.2. The van der Waals surface area contributed by atoms with Gasteiger partial charge in [-0.3, -0.25) is 4.72 Å². The number of benzene rings is 2. The van der Waals surface area contributed by atoms with E-state index in [1.165, 1.54) is 12.1 Å². The predicted molar refractivity (Wildman–Crippen MR) is 110 cm³/mol. The van der Waals surface area contributed by atoms with Crippen molar-refractivity contribution in [1.29, 1.82) is 0 Å². The molecule has 0 radical (unpaired) electrons. The van der Waals surface area contributed by atoms with Crippen LogP contribution in [0.4, 0.5) is 19.3 Å². The standard InChI is InChI=1S/C22H24F2N2O2S/c1-22(2,28)12-9-13(23)11-14(10-12)29-26-21(27)25-20-17-7-3-5-15(17)19(24)16-6-4-8-18(16)20/h9-11,28H,3-8H2,1-2H3,(H2,25,26,27). The summed E-state index contributed by atoms with van der Waals surface area (Å²) < 4.78 is 31.3. The van der Waals surface area contributed by atoms with Gasteiger partial charge in [-0.25, -0.2) is 13.6 Å². The van der Waals surface area contributed by atoms with Crippen LogP contribution in [0, 0.1) is 11.6 Å². The fourth-order valence-corrected chi connectivity index (χ4v) is 4.88. The summed E-state index contributed by atoms with van der Waals surface area (Å²) in [7, 11) is 0. The van der Waals surface area contributed by atoms with Gasteiger partial charge in [0.25, 0.3) is 0 Å². The van der Waals surface area contributed by atoms with Crippen LogP contribution in [0.15, 0.2) is 23.1 Å². The van der Waals surface area contributed by atoms with Gasteiger partial charge in [0, 0.05) is 10.6 Å². The molecule has 0 spiro atoms. The van der Waals surface area contributed by atoms with E-state index in [9.17, 15) is 18.7 Å². The van der Waals surface area contributed by atoms with E-state index in [4.69, 9.17) is 0 Å². The van der Waals surface area contributed by atoms with Crippen LogP contribution >= 0.6 is 11.9 Å². The Balaban J connectivity index is 1.52. The zero-order chi connectivity index (χ0) is 20.8. The highest BCUT2D eigenvalue weighted by atomic mass is 32.2. The van der Waals surface area contributed by atoms with E-state index in [0.29, 0.717) is 23.3 Å². The summed E-state index contributed by atoms with van der Waals surface area (Å²) in [6.07, 6.45) is 4.74. The van der Waals surface area contributed by atoms with Gasteiger partial charge in [0.1, 0.15) is 11.6 Å². The van der Waals surface area contributed by atoms with Gasteiger partial charge >= 0.3 is 6.03 Å². The monoisotopic (exact) mass is 418 g/mol. The lowest BCUT2D eigenvalue weighted by atomic mass is 9.98. The lowest BCUT2D eigenvalue weighted by molar-refractivity contribution is 0.0780. The van der Waals surface area contributed by atoms with Gasteiger partial charge in [0.2, 0.25) is 0 Å². The maximum Gasteiger partial charge on any atom is 0.329 e. The number of halogens is 2. The quantitative estimate of drug-likeness (QED) is 0.613. The molecule has 2 aliphatic rings. The molecule has 4 rings (SSSR count). The summed E-state index contributed by atoms with van der Waals surface area (Å²) in [6, 6.07) is 3.78. The van der Waals surface area contributed by atoms with Crippen LogP contribution < -0.4 is 10.0 Å². The number of carbonyl (C=O) groups is 1. The SMILES string of the molecule is CC(C)(O)c1cc(F)cc(SNC(=O)Nc2c3c(c(F)c4c2CCC4)CCC3)c1. The molecule has 2 aliphatic carbocycles. The minimum Gasteiger partial charge on any atom is -0.386 e. The fraction of sp³-hybridized carbons (Fsp3) is 0.409. The molecule has 0 saturated carbocycles. The average Bonchev–Trinajstić information content (AvgIpc) is 3.32. The van der Waals surface area contributed by atoms with Crippen molar-refractivity contribution >= 4 is 23.7 Å². The first-order chi connectivity index (χ1) is 13.7. The summed E-state index contributed by atoms with van der Waals surface area (Å²) in [5, 5.41) is 13.0. The summed E-state index contributed by atoms with van der Waals surface area (Å²) >= 11 is 0.975. The molecule has 0 saturated heterocycles. The predicted octanol–water partition coefficient (Wildman–Crippen LogP) is 5.00. The van der Waals surface area contributed by atoms with Crippen LogP contribution in [0.3, 0.4) is 0 Å². The number of carbonyl (C=O) groups excluding carboxylic acids is 1. The molecular formula is C22H24F2N2O2S. The van der Waals surface area contributed by atoms with Crippen molar-refractivity contribution in [3.8, 4) is 0 Å². The molecule has 154 valence electrons. The number of nitrogens with one attached hydrogen (secondary N) is 2. The van der Waals surface area contributed by atoms with E-state index in [-0.39, 0.29) is 5.82 Å². The highest BCUT2D eigenvalue weighted by Crippen LogP contribution is 2.41. The highest BCUT2D eigenvalue weighted by molar-refractivity contribution is 7.98. The van der Waals surface area contributed by atoms with Gasteiger partial charge in [-0.1, -0.05) is 0 Å². The Hall–Kier alpha value is -2.12. The van der Waals surface area contributed by atoms with Crippen LogP contribution in [0.2, 0.25) is 0 Å². The van der Waals surface area contributed by atoms with Crippen molar-refractivity contribution in [3.05, 3.63) is 57.7 Å². The number of amides is 2. The Kier molecular flexibility index (Phi) is 5.29. The van der Waals surface area contributed by atoms with Crippen LogP contribution in [0.1, 0.15) is 54.5 Å². The molecule has 2 aromatic carbocycles. The molecule has 0 aromatic heterocycles. The first-order valence-electron chi connectivity index (χ1n) is 9.86. The zero-order valence-electron chi connectivity index (χ0n) is 16.5. The van der Waals surface area contributed by atoms with Gasteiger partial charge < -0.3 is 10.4 Å². The molecule has 7 heteroatoms. The lowest BCUT2D eigenvalue weighted by Gasteiger charge is -2.19. The third kappa shape index (κ3) is 3.98. The van der Waals surface area contributed by atoms with Crippen molar-refractivity contribution < 1.29 is 18.7 Å². The van der Waals surface area contributed by atoms with E-state index in [1.807, 2.05) is 0 Å². The molecule has 0 heterocycles. The number of urea groups is 1. The summed E-state index contributed by atoms with van der Waals surface area (Å²) in [6.45, 7) is 3.15. The first-order valence-corrected chi connectivity index (χ1v) is 10.7. The van der Waals surface area contributed by atoms with E-state index in [0.717, 1.165) is 65.6 Å². The van der Waals surface area contributed by atoms with Gasteiger partial charge in [-0.2, -0.15) is 0 Å². The number of hydrogen-bond acceptors (Lipinski definition) is 3. The van der Waals surface area contributed by atoms with Crippen LogP contribution in [0.5, 0.6) is 0 Å². The van der Waals surface area contributed by atoms with Crippen molar-refractivity contribution in [1.82, 2.24) is 4.72 Å². The molecule has 0 unspecified atom stereocenters. The minimum atomic E-state index is -1.19. The largest absolute Gasteiger partial charge is 0.386 e. The van der Waals surface area contributed by atoms with Gasteiger partial charge in [0.15, 0.2) is 0 Å². The topological polar surface area (TPSA) is 61.4 Å². The number of hydrogen-bond donors (Lipinski definition) is 3. The number of anilines is 1. The molecule has 4 nitrogen and oxygen atoms in total. The Labute approximate surface area is 173 Å². The second-order valence-corrected chi connectivity index (χ2v) is 9.08. The van der Waals surface area contributed by atoms with E-state index in [2.05, 4.69) is 10.0 Å². The third-order valence-corrected chi connectivity index (χ3v) is 6.41. The number of fused-ring (bicyclic) bond motifs is 2. The highest BCUT2D eigenvalue weighted by Gasteiger charge is 2.29. The fourth-order valence-electron chi connectivity index (χ4n) is 4.26. The molecule has 2 amide bonds. The second kappa shape index (κ2) is 7.61. The average molecular weight is 419 g/mol. The minimum absolute atomic E-state index is 0.0794. The van der Waals surface area contributed by atoms with Crippen molar-refractivity contribution in [2.75, 3.05) is 5.32 Å². The molecule has 2 aromatic rings. The molecule has 0 fully saturated rings. The van der Waals surface area contributed by atoms with E-state index < -0.39 is 17.4 Å². The molecule has 0 aliphatic heterocycles. The van der Waals surface area contributed by atoms with Gasteiger partial charge in [-0.15, -0.1) is 0 Å². The number of aliphatic hydroxyl groups is 1. The zero-order valence-corrected chi connectivity index (χ0v) is 17.3. The molecule has 0 bridgehead atoms. The van der Waals surface area contributed by atoms with Crippen LogP contribution in [-0.2, 0) is 31.3 Å². The van der Waals surface area contributed by atoms with Crippen LogP contribution in [0.25, 0.3) is 0 Å². The number of rotatable bonds is 4. The molecule has 3 N–H and O–H groups in total. The second-order valence-electron chi connectivity index (χ2n) is 8.20. The van der Waals surface area contributed by atoms with E-state index in [1.54, 1.807) is 19.9 Å². The maximum atomic E-state index is 14.7. The Morgan fingerprint density at radius 1 is 1.00 bits per heavy atom. The van der Waals surface area contributed by atoms with Crippen molar-refractivity contribution in [3.63, 3.8) is 0 Å². The lowest BCUT2D eigenvalue weighted by Crippen LogP contribution is -2.24. The Bertz CT molecular complexity index is 951. The van der Waals surface area contributed by atoms with Crippen LogP contribution in [-0.4, -0.2) is 11.1 Å².